The van der Waals surface area contributed by atoms with Crippen molar-refractivity contribution >= 4 is 5.82 Å². The van der Waals surface area contributed by atoms with Gasteiger partial charge in [-0.1, -0.05) is 0 Å². The maximum absolute atomic E-state index is 13.6. The minimum atomic E-state index is -0.388. The number of fused-ring (bicyclic) bond motifs is 1. The Morgan fingerprint density at radius 2 is 1.87 bits per heavy atom. The highest BCUT2D eigenvalue weighted by molar-refractivity contribution is 5.67. The van der Waals surface area contributed by atoms with Gasteiger partial charge in [0.25, 0.3) is 0 Å². The maximum Gasteiger partial charge on any atom is 0.148 e. The van der Waals surface area contributed by atoms with Crippen LogP contribution in [-0.4, -0.2) is 54.0 Å². The van der Waals surface area contributed by atoms with E-state index in [4.69, 9.17) is 4.74 Å². The second kappa shape index (κ2) is 8.89. The molecule has 6 nitrogen and oxygen atoms in total. The fourth-order valence-corrected chi connectivity index (χ4v) is 5.55. The van der Waals surface area contributed by atoms with Gasteiger partial charge in [0, 0.05) is 44.5 Å². The summed E-state index contributed by atoms with van der Waals surface area (Å²) in [5.74, 6) is 2.67. The fraction of sp³-hybridized carbons (Fsp3) is 0.542. The predicted octanol–water partition coefficient (Wildman–Crippen LogP) is 3.70. The molecule has 1 aliphatic carbocycles. The lowest BCUT2D eigenvalue weighted by atomic mass is 10.00. The third-order valence-electron chi connectivity index (χ3n) is 7.08. The molecule has 0 bridgehead atoms. The van der Waals surface area contributed by atoms with Crippen LogP contribution in [0.15, 0.2) is 30.3 Å². The fourth-order valence-electron chi connectivity index (χ4n) is 5.55. The van der Waals surface area contributed by atoms with Crippen molar-refractivity contribution in [2.75, 3.05) is 38.2 Å². The molecule has 7 heteroatoms. The van der Waals surface area contributed by atoms with Crippen LogP contribution in [0.4, 0.5) is 10.2 Å². The molecule has 1 unspecified atom stereocenters. The Balaban J connectivity index is 1.16. The molecule has 0 amide bonds. The van der Waals surface area contributed by atoms with Crippen molar-refractivity contribution in [1.29, 1.82) is 5.26 Å². The number of rotatable bonds is 5. The SMILES string of the molecule is N#Cc1ccc(F)cc1-c1ccc(NC2C[C@@H]3CN(CC4CCOCC4)C[C@@H]3C2)nn1. The van der Waals surface area contributed by atoms with Crippen molar-refractivity contribution < 1.29 is 9.13 Å². The normalized spacial score (nSPS) is 26.5. The van der Waals surface area contributed by atoms with E-state index in [0.29, 0.717) is 22.9 Å². The summed E-state index contributed by atoms with van der Waals surface area (Å²) in [6.07, 6.45) is 4.74. The molecule has 0 spiro atoms. The number of likely N-dealkylation sites (tertiary alicyclic amines) is 1. The first-order valence-corrected chi connectivity index (χ1v) is 11.3. The van der Waals surface area contributed by atoms with Gasteiger partial charge in [-0.05, 0) is 73.8 Å². The smallest absolute Gasteiger partial charge is 0.148 e. The highest BCUT2D eigenvalue weighted by atomic mass is 19.1. The van der Waals surface area contributed by atoms with Gasteiger partial charge >= 0.3 is 0 Å². The lowest BCUT2D eigenvalue weighted by Crippen LogP contribution is -2.32. The highest BCUT2D eigenvalue weighted by Gasteiger charge is 2.41. The summed E-state index contributed by atoms with van der Waals surface area (Å²) in [4.78, 5) is 2.67. The van der Waals surface area contributed by atoms with Crippen molar-refractivity contribution in [3.05, 3.63) is 41.7 Å². The number of halogens is 1. The lowest BCUT2D eigenvalue weighted by Gasteiger charge is -2.27. The Morgan fingerprint density at radius 3 is 2.55 bits per heavy atom. The van der Waals surface area contributed by atoms with Crippen LogP contribution in [0.1, 0.15) is 31.2 Å². The predicted molar refractivity (Wildman–Crippen MR) is 116 cm³/mol. The summed E-state index contributed by atoms with van der Waals surface area (Å²) in [6.45, 7) is 5.50. The number of hydrogen-bond acceptors (Lipinski definition) is 6. The summed E-state index contributed by atoms with van der Waals surface area (Å²) < 4.78 is 19.1. The number of ether oxygens (including phenoxy) is 1. The third-order valence-corrected chi connectivity index (χ3v) is 7.08. The van der Waals surface area contributed by atoms with Crippen molar-refractivity contribution in [1.82, 2.24) is 15.1 Å². The quantitative estimate of drug-likeness (QED) is 0.794. The maximum atomic E-state index is 13.6. The number of hydrogen-bond donors (Lipinski definition) is 1. The van der Waals surface area contributed by atoms with E-state index in [-0.39, 0.29) is 5.82 Å². The van der Waals surface area contributed by atoms with Crippen LogP contribution in [0.5, 0.6) is 0 Å². The molecule has 5 rings (SSSR count). The highest BCUT2D eigenvalue weighted by Crippen LogP contribution is 2.39. The first-order valence-electron chi connectivity index (χ1n) is 11.3. The summed E-state index contributed by atoms with van der Waals surface area (Å²) in [7, 11) is 0. The van der Waals surface area contributed by atoms with E-state index in [1.807, 2.05) is 6.07 Å². The van der Waals surface area contributed by atoms with Crippen molar-refractivity contribution in [3.63, 3.8) is 0 Å². The van der Waals surface area contributed by atoms with Gasteiger partial charge in [-0.2, -0.15) is 5.26 Å². The van der Waals surface area contributed by atoms with E-state index in [1.54, 1.807) is 6.07 Å². The second-order valence-electron chi connectivity index (χ2n) is 9.21. The minimum Gasteiger partial charge on any atom is -0.381 e. The Hall–Kier alpha value is -2.56. The van der Waals surface area contributed by atoms with Gasteiger partial charge in [0.05, 0.1) is 17.3 Å². The summed E-state index contributed by atoms with van der Waals surface area (Å²) in [5, 5.41) is 21.3. The molecule has 3 aliphatic rings. The van der Waals surface area contributed by atoms with Crippen LogP contribution in [0, 0.1) is 34.9 Å². The molecule has 0 radical (unpaired) electrons. The first kappa shape index (κ1) is 20.3. The largest absolute Gasteiger partial charge is 0.381 e. The van der Waals surface area contributed by atoms with E-state index in [1.165, 1.54) is 63.5 Å². The molecule has 1 aromatic carbocycles. The number of nitrogens with one attached hydrogen (secondary N) is 1. The molecule has 2 aromatic rings. The Morgan fingerprint density at radius 1 is 1.10 bits per heavy atom. The molecule has 3 atom stereocenters. The molecule has 1 aromatic heterocycles. The molecule has 2 saturated heterocycles. The zero-order valence-corrected chi connectivity index (χ0v) is 17.6. The van der Waals surface area contributed by atoms with Gasteiger partial charge in [0.15, 0.2) is 0 Å². The van der Waals surface area contributed by atoms with Gasteiger partial charge in [0.2, 0.25) is 0 Å². The number of benzene rings is 1. The first-order chi connectivity index (χ1) is 15.2. The molecular formula is C24H28FN5O. The van der Waals surface area contributed by atoms with Gasteiger partial charge in [-0.3, -0.25) is 0 Å². The number of anilines is 1. The zero-order chi connectivity index (χ0) is 21.2. The van der Waals surface area contributed by atoms with E-state index >= 15 is 0 Å². The van der Waals surface area contributed by atoms with Gasteiger partial charge < -0.3 is 15.0 Å². The Bertz CT molecular complexity index is 939. The lowest BCUT2D eigenvalue weighted by molar-refractivity contribution is 0.0545. The topological polar surface area (TPSA) is 74.1 Å². The van der Waals surface area contributed by atoms with Gasteiger partial charge in [0.1, 0.15) is 11.6 Å². The van der Waals surface area contributed by atoms with E-state index < -0.39 is 0 Å². The van der Waals surface area contributed by atoms with Crippen LogP contribution in [0.25, 0.3) is 11.3 Å². The molecule has 3 fully saturated rings. The van der Waals surface area contributed by atoms with Gasteiger partial charge in [-0.25, -0.2) is 4.39 Å². The summed E-state index contributed by atoms with van der Waals surface area (Å²) in [5.41, 5.74) is 1.38. The van der Waals surface area contributed by atoms with Crippen LogP contribution in [0.3, 0.4) is 0 Å². The average molecular weight is 422 g/mol. The minimum absolute atomic E-state index is 0.388. The summed E-state index contributed by atoms with van der Waals surface area (Å²) >= 11 is 0. The van der Waals surface area contributed by atoms with Gasteiger partial charge in [-0.15, -0.1) is 10.2 Å². The standard InChI is InChI=1S/C24H28FN5O/c25-20-2-1-17(12-26)22(11-20)23-3-4-24(29-28-23)27-21-9-18-14-30(15-19(18)10-21)13-16-5-7-31-8-6-16/h1-4,11,16,18-19,21H,5-10,13-15H2,(H,27,29)/t18-,19+,21?. The number of nitriles is 1. The molecule has 2 aliphatic heterocycles. The van der Waals surface area contributed by atoms with Crippen molar-refractivity contribution in [2.45, 2.75) is 31.7 Å². The molecule has 162 valence electrons. The van der Waals surface area contributed by atoms with E-state index in [9.17, 15) is 9.65 Å². The van der Waals surface area contributed by atoms with Crippen molar-refractivity contribution in [3.8, 4) is 17.3 Å². The zero-order valence-electron chi connectivity index (χ0n) is 17.6. The molecule has 1 N–H and O–H groups in total. The monoisotopic (exact) mass is 421 g/mol. The van der Waals surface area contributed by atoms with E-state index in [2.05, 4.69) is 26.5 Å². The van der Waals surface area contributed by atoms with Crippen LogP contribution < -0.4 is 5.32 Å². The second-order valence-corrected chi connectivity index (χ2v) is 9.21. The molecule has 31 heavy (non-hydrogen) atoms. The molecule has 1 saturated carbocycles. The van der Waals surface area contributed by atoms with E-state index in [0.717, 1.165) is 36.8 Å². The Kier molecular flexibility index (Phi) is 5.84. The van der Waals surface area contributed by atoms with Crippen molar-refractivity contribution in [2.24, 2.45) is 17.8 Å². The molecular weight excluding hydrogens is 393 g/mol. The number of nitrogens with zero attached hydrogens (tertiary/aromatic N) is 4. The summed E-state index contributed by atoms with van der Waals surface area (Å²) in [6, 6.07) is 10.3. The Labute approximate surface area is 182 Å². The average Bonchev–Trinajstić information content (AvgIpc) is 3.33. The molecule has 3 heterocycles. The van der Waals surface area contributed by atoms with Crippen LogP contribution >= 0.6 is 0 Å². The van der Waals surface area contributed by atoms with Crippen LogP contribution in [-0.2, 0) is 4.74 Å². The third kappa shape index (κ3) is 4.56. The van der Waals surface area contributed by atoms with Crippen LogP contribution in [0.2, 0.25) is 0 Å². The number of aromatic nitrogens is 2.